The van der Waals surface area contributed by atoms with E-state index in [0.29, 0.717) is 12.0 Å². The highest BCUT2D eigenvalue weighted by molar-refractivity contribution is 6.02. The summed E-state index contributed by atoms with van der Waals surface area (Å²) < 4.78 is 5.00. The molecule has 5 rings (SSSR count). The molecule has 0 N–H and O–H groups in total. The minimum Gasteiger partial charge on any atom is -0.465 e. The third-order valence-electron chi connectivity index (χ3n) is 6.58. The molecule has 2 aromatic carbocycles. The Morgan fingerprint density at radius 2 is 1.70 bits per heavy atom. The van der Waals surface area contributed by atoms with Crippen LogP contribution in [0.3, 0.4) is 0 Å². The molecule has 0 fully saturated rings. The molecule has 3 aliphatic carbocycles. The topological polar surface area (TPSA) is 43.4 Å². The van der Waals surface area contributed by atoms with Gasteiger partial charge in [0.05, 0.1) is 12.7 Å². The number of carbonyl (C=O) groups excluding carboxylic acids is 2. The second-order valence-electron chi connectivity index (χ2n) is 8.23. The Morgan fingerprint density at radius 3 is 2.52 bits per heavy atom. The predicted octanol–water partition coefficient (Wildman–Crippen LogP) is 4.05. The van der Waals surface area contributed by atoms with Crippen molar-refractivity contribution in [3.8, 4) is 0 Å². The van der Waals surface area contributed by atoms with Gasteiger partial charge >= 0.3 is 5.97 Å². The predicted molar refractivity (Wildman–Crippen MR) is 104 cm³/mol. The Kier molecular flexibility index (Phi) is 3.92. The van der Waals surface area contributed by atoms with Gasteiger partial charge in [0.1, 0.15) is 0 Å². The summed E-state index contributed by atoms with van der Waals surface area (Å²) in [5.74, 6) is 0.0137. The van der Waals surface area contributed by atoms with Crippen molar-refractivity contribution in [1.82, 2.24) is 0 Å². The minimum atomic E-state index is -0.257. The molecule has 0 aromatic heterocycles. The number of hydrogen-bond acceptors (Lipinski definition) is 3. The molecule has 1 atom stereocenters. The van der Waals surface area contributed by atoms with Gasteiger partial charge in [0.2, 0.25) is 0 Å². The van der Waals surface area contributed by atoms with E-state index in [1.807, 2.05) is 6.07 Å². The molecule has 0 bridgehead atoms. The van der Waals surface area contributed by atoms with Crippen LogP contribution in [0.1, 0.15) is 66.9 Å². The number of ether oxygens (including phenoxy) is 1. The van der Waals surface area contributed by atoms with Gasteiger partial charge < -0.3 is 4.74 Å². The summed E-state index contributed by atoms with van der Waals surface area (Å²) in [5.41, 5.74) is 9.16. The molecular formula is C24H24O3. The van der Waals surface area contributed by atoms with Crippen LogP contribution in [0.4, 0.5) is 0 Å². The quantitative estimate of drug-likeness (QED) is 0.776. The fourth-order valence-corrected chi connectivity index (χ4v) is 5.28. The maximum absolute atomic E-state index is 13.0. The van der Waals surface area contributed by atoms with E-state index in [9.17, 15) is 9.59 Å². The summed E-state index contributed by atoms with van der Waals surface area (Å²) in [5, 5.41) is 0. The van der Waals surface area contributed by atoms with Crippen LogP contribution in [0, 0.1) is 5.92 Å². The van der Waals surface area contributed by atoms with Gasteiger partial charge in [0, 0.05) is 11.5 Å². The Hall–Kier alpha value is -2.42. The van der Waals surface area contributed by atoms with Crippen LogP contribution in [0.15, 0.2) is 24.3 Å². The van der Waals surface area contributed by atoms with E-state index in [4.69, 9.17) is 4.74 Å². The average Bonchev–Trinajstić information content (AvgIpc) is 3.38. The lowest BCUT2D eigenvalue weighted by Crippen LogP contribution is -2.14. The SMILES string of the molecule is COC(=O)c1cc(C[C@H]2Cc3cc4c(cc3C2=O)CCC4)cc2c1CCC2. The van der Waals surface area contributed by atoms with Gasteiger partial charge in [-0.05, 0) is 96.9 Å². The number of benzene rings is 2. The van der Waals surface area contributed by atoms with Crippen LogP contribution >= 0.6 is 0 Å². The molecule has 0 saturated carbocycles. The zero-order valence-corrected chi connectivity index (χ0v) is 15.8. The van der Waals surface area contributed by atoms with Crippen molar-refractivity contribution in [2.75, 3.05) is 7.11 Å². The summed E-state index contributed by atoms with van der Waals surface area (Å²) >= 11 is 0. The van der Waals surface area contributed by atoms with E-state index in [0.717, 1.165) is 55.2 Å². The molecule has 3 nitrogen and oxygen atoms in total. The van der Waals surface area contributed by atoms with Crippen LogP contribution in [0.2, 0.25) is 0 Å². The Balaban J connectivity index is 1.44. The van der Waals surface area contributed by atoms with E-state index >= 15 is 0 Å². The third kappa shape index (κ3) is 2.72. The molecule has 0 radical (unpaired) electrons. The van der Waals surface area contributed by atoms with E-state index in [1.165, 1.54) is 35.8 Å². The summed E-state index contributed by atoms with van der Waals surface area (Å²) in [6.45, 7) is 0. The highest BCUT2D eigenvalue weighted by Crippen LogP contribution is 2.35. The number of Topliss-reactive ketones (excluding diaryl/α,β-unsaturated/α-hetero) is 1. The summed E-state index contributed by atoms with van der Waals surface area (Å²) in [6, 6.07) is 8.61. The maximum atomic E-state index is 13.0. The third-order valence-corrected chi connectivity index (χ3v) is 6.58. The first-order valence-electron chi connectivity index (χ1n) is 10.1. The van der Waals surface area contributed by atoms with Gasteiger partial charge in [0.15, 0.2) is 5.78 Å². The zero-order chi connectivity index (χ0) is 18.5. The molecule has 0 amide bonds. The minimum absolute atomic E-state index is 0.00697. The lowest BCUT2D eigenvalue weighted by Gasteiger charge is -2.13. The molecule has 27 heavy (non-hydrogen) atoms. The molecule has 0 heterocycles. The first kappa shape index (κ1) is 16.7. The van der Waals surface area contributed by atoms with Crippen LogP contribution in [0.25, 0.3) is 0 Å². The molecule has 0 saturated heterocycles. The highest BCUT2D eigenvalue weighted by atomic mass is 16.5. The Labute approximate surface area is 159 Å². The smallest absolute Gasteiger partial charge is 0.338 e. The van der Waals surface area contributed by atoms with Gasteiger partial charge in [-0.2, -0.15) is 0 Å². The number of carbonyl (C=O) groups is 2. The molecular weight excluding hydrogens is 336 g/mol. The molecule has 0 spiro atoms. The number of rotatable bonds is 3. The van der Waals surface area contributed by atoms with Crippen molar-refractivity contribution in [3.05, 3.63) is 68.8 Å². The highest BCUT2D eigenvalue weighted by Gasteiger charge is 2.33. The van der Waals surface area contributed by atoms with E-state index < -0.39 is 0 Å². The monoisotopic (exact) mass is 360 g/mol. The van der Waals surface area contributed by atoms with Gasteiger partial charge in [-0.1, -0.05) is 12.1 Å². The molecule has 3 heteroatoms. The van der Waals surface area contributed by atoms with Crippen molar-refractivity contribution in [3.63, 3.8) is 0 Å². The summed E-state index contributed by atoms with van der Waals surface area (Å²) in [6.07, 6.45) is 8.03. The summed E-state index contributed by atoms with van der Waals surface area (Å²) in [7, 11) is 1.44. The number of fused-ring (bicyclic) bond motifs is 3. The zero-order valence-electron chi connectivity index (χ0n) is 15.8. The van der Waals surface area contributed by atoms with Crippen LogP contribution < -0.4 is 0 Å². The first-order chi connectivity index (χ1) is 13.1. The van der Waals surface area contributed by atoms with Gasteiger partial charge in [0.25, 0.3) is 0 Å². The molecule has 138 valence electrons. The number of ketones is 1. The number of hydrogen-bond donors (Lipinski definition) is 0. The Morgan fingerprint density at radius 1 is 0.963 bits per heavy atom. The van der Waals surface area contributed by atoms with Crippen LogP contribution in [0.5, 0.6) is 0 Å². The van der Waals surface area contributed by atoms with Crippen molar-refractivity contribution in [2.45, 2.75) is 51.4 Å². The molecule has 0 unspecified atom stereocenters. The lowest BCUT2D eigenvalue weighted by atomic mass is 9.91. The first-order valence-corrected chi connectivity index (χ1v) is 10.1. The maximum Gasteiger partial charge on any atom is 0.338 e. The number of methoxy groups -OCH3 is 1. The second-order valence-corrected chi connectivity index (χ2v) is 8.23. The standard InChI is InChI=1S/C24H24O3/c1-27-24(26)22-10-14(8-17-6-3-7-20(17)22)9-19-12-18-11-15-4-2-5-16(15)13-21(18)23(19)25/h8,10-11,13,19H,2-7,9,12H2,1H3/t19-/m0/s1. The normalized spacial score (nSPS) is 19.7. The fraction of sp³-hybridized carbons (Fsp3) is 0.417. The van der Waals surface area contributed by atoms with Gasteiger partial charge in [-0.25, -0.2) is 4.79 Å². The van der Waals surface area contributed by atoms with E-state index in [-0.39, 0.29) is 17.7 Å². The second kappa shape index (κ2) is 6.33. The number of esters is 1. The molecule has 2 aromatic rings. The van der Waals surface area contributed by atoms with E-state index in [1.54, 1.807) is 0 Å². The van der Waals surface area contributed by atoms with Crippen molar-refractivity contribution >= 4 is 11.8 Å². The van der Waals surface area contributed by atoms with E-state index in [2.05, 4.69) is 18.2 Å². The largest absolute Gasteiger partial charge is 0.465 e. The fourth-order valence-electron chi connectivity index (χ4n) is 5.28. The van der Waals surface area contributed by atoms with Gasteiger partial charge in [-0.15, -0.1) is 0 Å². The van der Waals surface area contributed by atoms with Crippen LogP contribution in [-0.2, 0) is 43.3 Å². The molecule has 3 aliphatic rings. The number of aryl methyl sites for hydroxylation is 3. The lowest BCUT2D eigenvalue weighted by molar-refractivity contribution is 0.0599. The Bertz CT molecular complexity index is 970. The van der Waals surface area contributed by atoms with Crippen LogP contribution in [-0.4, -0.2) is 18.9 Å². The average molecular weight is 360 g/mol. The van der Waals surface area contributed by atoms with Crippen molar-refractivity contribution < 1.29 is 14.3 Å². The van der Waals surface area contributed by atoms with Crippen molar-refractivity contribution in [2.24, 2.45) is 5.92 Å². The van der Waals surface area contributed by atoms with Gasteiger partial charge in [-0.3, -0.25) is 4.79 Å². The molecule has 0 aliphatic heterocycles. The van der Waals surface area contributed by atoms with Crippen molar-refractivity contribution in [1.29, 1.82) is 0 Å². The summed E-state index contributed by atoms with van der Waals surface area (Å²) in [4.78, 5) is 25.2.